The maximum Gasteiger partial charge on any atom is 0.338 e. The van der Waals surface area contributed by atoms with Crippen molar-refractivity contribution in [2.45, 2.75) is 38.2 Å². The predicted molar refractivity (Wildman–Crippen MR) is 103 cm³/mol. The van der Waals surface area contributed by atoms with Crippen LogP contribution in [0, 0.1) is 5.92 Å². The lowest BCUT2D eigenvalue weighted by Gasteiger charge is -2.31. The largest absolute Gasteiger partial charge is 0.504 e. The highest BCUT2D eigenvalue weighted by Crippen LogP contribution is 2.38. The number of ether oxygens (including phenoxy) is 1. The topological polar surface area (TPSA) is 165 Å². The van der Waals surface area contributed by atoms with Crippen LogP contribution in [-0.2, 0) is 4.74 Å². The van der Waals surface area contributed by atoms with Crippen molar-refractivity contribution in [3.05, 3.63) is 35.4 Å². The summed E-state index contributed by atoms with van der Waals surface area (Å²) >= 11 is 0. The van der Waals surface area contributed by atoms with Gasteiger partial charge in [0.25, 0.3) is 0 Å². The normalized spacial score (nSPS) is 18.7. The van der Waals surface area contributed by atoms with E-state index in [4.69, 9.17) is 4.74 Å². The van der Waals surface area contributed by atoms with Crippen LogP contribution in [0.2, 0.25) is 0 Å². The summed E-state index contributed by atoms with van der Waals surface area (Å²) in [6.07, 6.45) is 2.16. The maximum atomic E-state index is 12.6. The van der Waals surface area contributed by atoms with Crippen molar-refractivity contribution in [1.82, 2.24) is 0 Å². The van der Waals surface area contributed by atoms with Gasteiger partial charge in [0.2, 0.25) is 0 Å². The molecule has 0 radical (unpaired) electrons. The van der Waals surface area contributed by atoms with Crippen LogP contribution in [0.5, 0.6) is 34.5 Å². The van der Waals surface area contributed by atoms with Gasteiger partial charge in [-0.25, -0.2) is 4.79 Å². The number of carbonyl (C=O) groups excluding carboxylic acids is 2. The van der Waals surface area contributed by atoms with E-state index in [2.05, 4.69) is 0 Å². The Morgan fingerprint density at radius 3 is 1.77 bits per heavy atom. The Morgan fingerprint density at radius 2 is 1.23 bits per heavy atom. The third-order valence-electron chi connectivity index (χ3n) is 5.24. The molecule has 0 amide bonds. The number of hydrogen-bond donors (Lipinski definition) is 6. The molecule has 2 atom stereocenters. The van der Waals surface area contributed by atoms with Gasteiger partial charge in [0.1, 0.15) is 6.10 Å². The zero-order valence-electron chi connectivity index (χ0n) is 15.9. The second-order valence-electron chi connectivity index (χ2n) is 7.34. The van der Waals surface area contributed by atoms with E-state index >= 15 is 0 Å². The first-order valence-electron chi connectivity index (χ1n) is 9.41. The second kappa shape index (κ2) is 8.40. The van der Waals surface area contributed by atoms with Gasteiger partial charge in [0.15, 0.2) is 40.3 Å². The Morgan fingerprint density at radius 1 is 0.767 bits per heavy atom. The first-order valence-corrected chi connectivity index (χ1v) is 9.41. The van der Waals surface area contributed by atoms with Crippen LogP contribution < -0.4 is 0 Å². The minimum Gasteiger partial charge on any atom is -0.504 e. The van der Waals surface area contributed by atoms with E-state index in [-0.39, 0.29) is 23.5 Å². The van der Waals surface area contributed by atoms with E-state index in [0.29, 0.717) is 12.8 Å². The number of esters is 1. The van der Waals surface area contributed by atoms with E-state index in [9.17, 15) is 40.2 Å². The molecule has 30 heavy (non-hydrogen) atoms. The molecule has 0 aliphatic heterocycles. The Bertz CT molecular complexity index is 857. The second-order valence-corrected chi connectivity index (χ2v) is 7.34. The number of phenolic OH excluding ortho intramolecular Hbond substituents is 6. The monoisotopic (exact) mass is 418 g/mol. The highest BCUT2D eigenvalue weighted by atomic mass is 16.5. The van der Waals surface area contributed by atoms with Gasteiger partial charge in [-0.2, -0.15) is 0 Å². The van der Waals surface area contributed by atoms with Crippen LogP contribution in [0.3, 0.4) is 0 Å². The molecular formula is C21H22O9. The molecule has 6 N–H and O–H groups in total. The summed E-state index contributed by atoms with van der Waals surface area (Å²) < 4.78 is 5.51. The fourth-order valence-electron chi connectivity index (χ4n) is 3.61. The highest BCUT2D eigenvalue weighted by molar-refractivity contribution is 5.97. The van der Waals surface area contributed by atoms with Gasteiger partial charge in [0, 0.05) is 17.9 Å². The quantitative estimate of drug-likeness (QED) is 0.243. The number of rotatable bonds is 5. The Labute approximate surface area is 171 Å². The van der Waals surface area contributed by atoms with Crippen LogP contribution in [0.25, 0.3) is 0 Å². The molecule has 0 unspecified atom stereocenters. The lowest BCUT2D eigenvalue weighted by Crippen LogP contribution is -2.31. The van der Waals surface area contributed by atoms with Crippen molar-refractivity contribution in [1.29, 1.82) is 0 Å². The van der Waals surface area contributed by atoms with Crippen molar-refractivity contribution in [3.8, 4) is 34.5 Å². The molecule has 2 aromatic carbocycles. The van der Waals surface area contributed by atoms with E-state index in [1.807, 2.05) is 0 Å². The Balaban J connectivity index is 1.73. The van der Waals surface area contributed by atoms with Crippen LogP contribution in [0.4, 0.5) is 0 Å². The van der Waals surface area contributed by atoms with Crippen molar-refractivity contribution >= 4 is 11.8 Å². The number of Topliss-reactive ketones (excluding diaryl/α,β-unsaturated/α-hetero) is 1. The van der Waals surface area contributed by atoms with Gasteiger partial charge in [-0.05, 0) is 43.5 Å². The standard InChI is InChI=1S/C21H22O9/c22-13(11-6-14(23)19(27)15(24)7-11)5-10-3-1-2-4-18(10)30-21(29)12-8-16(25)20(28)17(26)9-12/h6-10,18,23-28H,1-5H2/t10-,18-/m0/s1. The van der Waals surface area contributed by atoms with Crippen molar-refractivity contribution in [2.75, 3.05) is 0 Å². The Hall–Kier alpha value is -3.62. The van der Waals surface area contributed by atoms with Crippen molar-refractivity contribution in [2.24, 2.45) is 5.92 Å². The summed E-state index contributed by atoms with van der Waals surface area (Å²) in [5.41, 5.74) is -0.126. The molecule has 1 aliphatic carbocycles. The van der Waals surface area contributed by atoms with Gasteiger partial charge in [0.05, 0.1) is 5.56 Å². The van der Waals surface area contributed by atoms with Gasteiger partial charge >= 0.3 is 5.97 Å². The van der Waals surface area contributed by atoms with E-state index in [0.717, 1.165) is 37.1 Å². The number of benzene rings is 2. The number of aromatic hydroxyl groups is 6. The van der Waals surface area contributed by atoms with E-state index in [1.165, 1.54) is 0 Å². The van der Waals surface area contributed by atoms with Gasteiger partial charge in [-0.1, -0.05) is 6.42 Å². The van der Waals surface area contributed by atoms with E-state index in [1.54, 1.807) is 0 Å². The number of phenols is 6. The maximum absolute atomic E-state index is 12.6. The summed E-state index contributed by atoms with van der Waals surface area (Å²) in [5.74, 6) is -5.53. The molecule has 2 aromatic rings. The molecule has 0 spiro atoms. The highest BCUT2D eigenvalue weighted by Gasteiger charge is 2.31. The molecule has 0 saturated heterocycles. The zero-order valence-corrected chi connectivity index (χ0v) is 15.9. The average Bonchev–Trinajstić information content (AvgIpc) is 2.70. The SMILES string of the molecule is O=C(C[C@@H]1CCCC[C@@H]1OC(=O)c1cc(O)c(O)c(O)c1)c1cc(O)c(O)c(O)c1. The van der Waals surface area contributed by atoms with Crippen molar-refractivity contribution < 1.29 is 45.0 Å². The molecule has 9 heteroatoms. The average molecular weight is 418 g/mol. The predicted octanol–water partition coefficient (Wildman–Crippen LogP) is 2.91. The molecular weight excluding hydrogens is 396 g/mol. The summed E-state index contributed by atoms with van der Waals surface area (Å²) in [6.45, 7) is 0. The van der Waals surface area contributed by atoms with Gasteiger partial charge in [-0.3, -0.25) is 4.79 Å². The molecule has 1 fully saturated rings. The third kappa shape index (κ3) is 4.35. The number of ketones is 1. The fourth-order valence-corrected chi connectivity index (χ4v) is 3.61. The van der Waals surface area contributed by atoms with Crippen LogP contribution in [-0.4, -0.2) is 48.5 Å². The van der Waals surface area contributed by atoms with E-state index < -0.39 is 52.4 Å². The van der Waals surface area contributed by atoms with Crippen LogP contribution in [0.1, 0.15) is 52.8 Å². The first kappa shape index (κ1) is 21.1. The van der Waals surface area contributed by atoms with Crippen molar-refractivity contribution in [3.63, 3.8) is 0 Å². The smallest absolute Gasteiger partial charge is 0.338 e. The lowest BCUT2D eigenvalue weighted by atomic mass is 9.82. The molecule has 0 aromatic heterocycles. The summed E-state index contributed by atoms with van der Waals surface area (Å²) in [5, 5.41) is 57.2. The summed E-state index contributed by atoms with van der Waals surface area (Å²) in [6, 6.07) is 4.07. The molecule has 1 aliphatic rings. The third-order valence-corrected chi connectivity index (χ3v) is 5.24. The molecule has 1 saturated carbocycles. The lowest BCUT2D eigenvalue weighted by molar-refractivity contribution is 0.000200. The molecule has 9 nitrogen and oxygen atoms in total. The first-order chi connectivity index (χ1) is 14.2. The minimum atomic E-state index is -0.815. The minimum absolute atomic E-state index is 0.00627. The number of carbonyl (C=O) groups is 2. The van der Waals surface area contributed by atoms with Gasteiger partial charge in [-0.15, -0.1) is 0 Å². The molecule has 160 valence electrons. The molecule has 0 heterocycles. The summed E-state index contributed by atoms with van der Waals surface area (Å²) in [4.78, 5) is 25.1. The van der Waals surface area contributed by atoms with Crippen LogP contribution in [0.15, 0.2) is 24.3 Å². The summed E-state index contributed by atoms with van der Waals surface area (Å²) in [7, 11) is 0. The molecule has 0 bridgehead atoms. The van der Waals surface area contributed by atoms with Crippen LogP contribution >= 0.6 is 0 Å². The number of hydrogen-bond acceptors (Lipinski definition) is 9. The molecule has 3 rings (SSSR count). The fraction of sp³-hybridized carbons (Fsp3) is 0.333. The Kier molecular flexibility index (Phi) is 5.91. The van der Waals surface area contributed by atoms with Gasteiger partial charge < -0.3 is 35.4 Å². The zero-order chi connectivity index (χ0) is 22.0.